The summed E-state index contributed by atoms with van der Waals surface area (Å²) < 4.78 is 12.8. The average molecular weight is 217 g/mol. The molecule has 0 bridgehead atoms. The van der Waals surface area contributed by atoms with Crippen LogP contribution < -0.4 is 11.1 Å². The highest BCUT2D eigenvalue weighted by Crippen LogP contribution is 2.19. The number of nitrogens with one attached hydrogen (secondary N) is 1. The molecule has 0 aliphatic rings. The molecule has 0 aromatic heterocycles. The van der Waals surface area contributed by atoms with Gasteiger partial charge in [0.15, 0.2) is 0 Å². The number of hydrogen-bond acceptors (Lipinski definition) is 2. The van der Waals surface area contributed by atoms with E-state index < -0.39 is 5.82 Å². The van der Waals surface area contributed by atoms with Crippen LogP contribution in [0.2, 0.25) is 5.02 Å². The Hall–Kier alpha value is -0.800. The molecule has 1 atom stereocenters. The first-order valence-corrected chi connectivity index (χ1v) is 4.92. The van der Waals surface area contributed by atoms with Gasteiger partial charge >= 0.3 is 0 Å². The van der Waals surface area contributed by atoms with Gasteiger partial charge in [-0.15, -0.1) is 0 Å². The number of rotatable bonds is 4. The Morgan fingerprint density at radius 2 is 2.29 bits per heavy atom. The largest absolute Gasteiger partial charge is 0.385 e. The Morgan fingerprint density at radius 1 is 1.57 bits per heavy atom. The maximum atomic E-state index is 12.8. The summed E-state index contributed by atoms with van der Waals surface area (Å²) in [5, 5.41) is 3.25. The summed E-state index contributed by atoms with van der Waals surface area (Å²) in [5.74, 6) is -0.399. The molecule has 0 radical (unpaired) electrons. The molecule has 2 nitrogen and oxygen atoms in total. The Morgan fingerprint density at radius 3 is 2.86 bits per heavy atom. The van der Waals surface area contributed by atoms with Crippen LogP contribution in [0.1, 0.15) is 13.3 Å². The highest BCUT2D eigenvalue weighted by atomic mass is 35.5. The van der Waals surface area contributed by atoms with Crippen LogP contribution in [0.15, 0.2) is 18.2 Å². The zero-order valence-corrected chi connectivity index (χ0v) is 8.81. The molecule has 1 aromatic rings. The highest BCUT2D eigenvalue weighted by Gasteiger charge is 2.00. The van der Waals surface area contributed by atoms with Gasteiger partial charge in [-0.3, -0.25) is 0 Å². The molecule has 1 unspecified atom stereocenters. The van der Waals surface area contributed by atoms with E-state index in [0.717, 1.165) is 18.7 Å². The van der Waals surface area contributed by atoms with Crippen LogP contribution in [-0.2, 0) is 0 Å². The lowest BCUT2D eigenvalue weighted by Crippen LogP contribution is -2.19. The smallest absolute Gasteiger partial charge is 0.141 e. The summed E-state index contributed by atoms with van der Waals surface area (Å²) >= 11 is 5.62. The van der Waals surface area contributed by atoms with Crippen molar-refractivity contribution in [2.45, 2.75) is 19.4 Å². The van der Waals surface area contributed by atoms with Crippen LogP contribution in [-0.4, -0.2) is 12.6 Å². The molecule has 1 aromatic carbocycles. The van der Waals surface area contributed by atoms with Gasteiger partial charge < -0.3 is 11.1 Å². The Kier molecular flexibility index (Phi) is 4.17. The first-order chi connectivity index (χ1) is 6.59. The normalized spacial score (nSPS) is 12.6. The predicted octanol–water partition coefficient (Wildman–Crippen LogP) is 2.63. The molecule has 0 spiro atoms. The number of halogens is 2. The monoisotopic (exact) mass is 216 g/mol. The quantitative estimate of drug-likeness (QED) is 0.812. The van der Waals surface area contributed by atoms with Crippen LogP contribution in [0.4, 0.5) is 10.1 Å². The van der Waals surface area contributed by atoms with Crippen molar-refractivity contribution in [3.63, 3.8) is 0 Å². The Labute approximate surface area is 88.2 Å². The fraction of sp³-hybridized carbons (Fsp3) is 0.400. The highest BCUT2D eigenvalue weighted by molar-refractivity contribution is 6.31. The molecule has 4 heteroatoms. The standard InChI is InChI=1S/C10H14ClFN2/c1-7(13)4-5-14-8-2-3-10(12)9(11)6-8/h2-3,6-7,14H,4-5,13H2,1H3. The molecule has 1 rings (SSSR count). The van der Waals surface area contributed by atoms with Crippen molar-refractivity contribution in [1.29, 1.82) is 0 Å². The minimum absolute atomic E-state index is 0.135. The van der Waals surface area contributed by atoms with E-state index in [1.54, 1.807) is 12.1 Å². The van der Waals surface area contributed by atoms with Gasteiger partial charge in [0.1, 0.15) is 5.82 Å². The maximum Gasteiger partial charge on any atom is 0.141 e. The minimum Gasteiger partial charge on any atom is -0.385 e. The molecule has 0 saturated carbocycles. The van der Waals surface area contributed by atoms with Crippen molar-refractivity contribution >= 4 is 17.3 Å². The SMILES string of the molecule is CC(N)CCNc1ccc(F)c(Cl)c1. The third kappa shape index (κ3) is 3.52. The van der Waals surface area contributed by atoms with Crippen molar-refractivity contribution in [2.24, 2.45) is 5.73 Å². The fourth-order valence-corrected chi connectivity index (χ4v) is 1.23. The summed E-state index contributed by atoms with van der Waals surface area (Å²) in [5.41, 5.74) is 6.40. The number of nitrogens with two attached hydrogens (primary N) is 1. The molecule has 0 aliphatic carbocycles. The molecular formula is C10H14ClFN2. The zero-order valence-electron chi connectivity index (χ0n) is 8.06. The molecule has 3 N–H and O–H groups in total. The van der Waals surface area contributed by atoms with E-state index in [4.69, 9.17) is 17.3 Å². The second kappa shape index (κ2) is 5.17. The van der Waals surface area contributed by atoms with Crippen LogP contribution >= 0.6 is 11.6 Å². The average Bonchev–Trinajstić information content (AvgIpc) is 2.10. The van der Waals surface area contributed by atoms with Gasteiger partial charge in [-0.05, 0) is 31.5 Å². The van der Waals surface area contributed by atoms with Crippen molar-refractivity contribution in [2.75, 3.05) is 11.9 Å². The lowest BCUT2D eigenvalue weighted by atomic mass is 10.2. The second-order valence-electron chi connectivity index (χ2n) is 3.32. The summed E-state index contributed by atoms with van der Waals surface area (Å²) in [6.45, 7) is 2.71. The predicted molar refractivity (Wildman–Crippen MR) is 58.2 cm³/mol. The van der Waals surface area contributed by atoms with E-state index >= 15 is 0 Å². The first kappa shape index (κ1) is 11.3. The van der Waals surface area contributed by atoms with Gasteiger partial charge in [-0.25, -0.2) is 4.39 Å². The third-order valence-corrected chi connectivity index (χ3v) is 2.14. The van der Waals surface area contributed by atoms with Crippen molar-refractivity contribution in [3.05, 3.63) is 29.0 Å². The number of benzene rings is 1. The Bertz CT molecular complexity index is 302. The van der Waals surface area contributed by atoms with Crippen molar-refractivity contribution in [3.8, 4) is 0 Å². The summed E-state index contributed by atoms with van der Waals surface area (Å²) in [6, 6.07) is 4.73. The Balaban J connectivity index is 2.47. The fourth-order valence-electron chi connectivity index (χ4n) is 1.05. The van der Waals surface area contributed by atoms with E-state index in [1.807, 2.05) is 6.92 Å². The number of anilines is 1. The van der Waals surface area contributed by atoms with E-state index in [9.17, 15) is 4.39 Å². The molecule has 0 amide bonds. The van der Waals surface area contributed by atoms with Gasteiger partial charge in [0.25, 0.3) is 0 Å². The van der Waals surface area contributed by atoms with Crippen molar-refractivity contribution < 1.29 is 4.39 Å². The van der Waals surface area contributed by atoms with Gasteiger partial charge in [0.2, 0.25) is 0 Å². The molecule has 0 aliphatic heterocycles. The van der Waals surface area contributed by atoms with Crippen LogP contribution in [0.5, 0.6) is 0 Å². The molecule has 78 valence electrons. The number of hydrogen-bond donors (Lipinski definition) is 2. The van der Waals surface area contributed by atoms with Gasteiger partial charge in [0.05, 0.1) is 5.02 Å². The van der Waals surface area contributed by atoms with E-state index in [2.05, 4.69) is 5.32 Å². The molecular weight excluding hydrogens is 203 g/mol. The third-order valence-electron chi connectivity index (χ3n) is 1.85. The van der Waals surface area contributed by atoms with Crippen LogP contribution in [0.25, 0.3) is 0 Å². The van der Waals surface area contributed by atoms with Crippen molar-refractivity contribution in [1.82, 2.24) is 0 Å². The zero-order chi connectivity index (χ0) is 10.6. The molecule has 0 saturated heterocycles. The first-order valence-electron chi connectivity index (χ1n) is 4.54. The van der Waals surface area contributed by atoms with E-state index in [1.165, 1.54) is 6.07 Å². The topological polar surface area (TPSA) is 38.0 Å². The summed E-state index contributed by atoms with van der Waals surface area (Å²) in [6.07, 6.45) is 0.870. The molecule has 14 heavy (non-hydrogen) atoms. The van der Waals surface area contributed by atoms with Crippen LogP contribution in [0.3, 0.4) is 0 Å². The van der Waals surface area contributed by atoms with Gasteiger partial charge in [-0.2, -0.15) is 0 Å². The van der Waals surface area contributed by atoms with Crippen LogP contribution in [0, 0.1) is 5.82 Å². The van der Waals surface area contributed by atoms with E-state index in [-0.39, 0.29) is 11.1 Å². The maximum absolute atomic E-state index is 12.8. The molecule has 0 heterocycles. The minimum atomic E-state index is -0.399. The van der Waals surface area contributed by atoms with E-state index in [0.29, 0.717) is 0 Å². The summed E-state index contributed by atoms with van der Waals surface area (Å²) in [4.78, 5) is 0. The summed E-state index contributed by atoms with van der Waals surface area (Å²) in [7, 11) is 0. The second-order valence-corrected chi connectivity index (χ2v) is 3.73. The molecule has 0 fully saturated rings. The lowest BCUT2D eigenvalue weighted by Gasteiger charge is -2.08. The lowest BCUT2D eigenvalue weighted by molar-refractivity contribution is 0.628. The van der Waals surface area contributed by atoms with Gasteiger partial charge in [0, 0.05) is 18.3 Å². The van der Waals surface area contributed by atoms with Gasteiger partial charge in [-0.1, -0.05) is 11.6 Å².